The highest BCUT2D eigenvalue weighted by Crippen LogP contribution is 2.38. The molecule has 0 unspecified atom stereocenters. The first-order chi connectivity index (χ1) is 7.60. The monoisotopic (exact) mass is 287 g/mol. The Labute approximate surface area is 120 Å². The summed E-state index contributed by atoms with van der Waals surface area (Å²) in [7, 11) is 0. The summed E-state index contributed by atoms with van der Waals surface area (Å²) in [4.78, 5) is 7.94. The van der Waals surface area contributed by atoms with E-state index in [1.807, 2.05) is 0 Å². The molecule has 0 aliphatic carbocycles. The number of aromatic amines is 1. The maximum absolute atomic E-state index is 4.59. The van der Waals surface area contributed by atoms with Crippen molar-refractivity contribution in [2.45, 2.75) is 32.6 Å². The molecule has 0 saturated heterocycles. The summed E-state index contributed by atoms with van der Waals surface area (Å²) in [5, 5.41) is 3.46. The lowest BCUT2D eigenvalue weighted by atomic mass is 9.87. The average Bonchev–Trinajstić information content (AvgIpc) is 2.77. The molecule has 3 nitrogen and oxygen atoms in total. The predicted molar refractivity (Wildman–Crippen MR) is 81.5 cm³/mol. The van der Waals surface area contributed by atoms with E-state index in [-0.39, 0.29) is 30.2 Å². The Morgan fingerprint density at radius 2 is 2.00 bits per heavy atom. The Morgan fingerprint density at radius 3 is 2.67 bits per heavy atom. The minimum absolute atomic E-state index is 0. The van der Waals surface area contributed by atoms with Crippen LogP contribution in [0.25, 0.3) is 11.0 Å². The van der Waals surface area contributed by atoms with Gasteiger partial charge < -0.3 is 10.3 Å². The van der Waals surface area contributed by atoms with Gasteiger partial charge in [0.25, 0.3) is 0 Å². The maximum atomic E-state index is 4.59. The standard InChI is InChI=1S/C13H17N3.2ClH/c1-4-12-15-10-5-8-9(6-11(10)16-12)14-7-13(8,2)3;;/h5-6,14H,4,7H2,1-3H3,(H,15,16);2*1H. The molecule has 0 radical (unpaired) electrons. The van der Waals surface area contributed by atoms with Gasteiger partial charge in [0.2, 0.25) is 0 Å². The molecular weight excluding hydrogens is 269 g/mol. The van der Waals surface area contributed by atoms with E-state index in [0.29, 0.717) is 0 Å². The molecule has 1 aliphatic rings. The molecule has 2 heterocycles. The van der Waals surface area contributed by atoms with Gasteiger partial charge in [-0.3, -0.25) is 0 Å². The van der Waals surface area contributed by atoms with Crippen LogP contribution < -0.4 is 5.32 Å². The second-order valence-electron chi connectivity index (χ2n) is 5.19. The van der Waals surface area contributed by atoms with E-state index in [0.717, 1.165) is 29.8 Å². The van der Waals surface area contributed by atoms with Crippen LogP contribution in [-0.4, -0.2) is 16.5 Å². The van der Waals surface area contributed by atoms with Crippen molar-refractivity contribution in [2.24, 2.45) is 0 Å². The van der Waals surface area contributed by atoms with Crippen LogP contribution in [0.5, 0.6) is 0 Å². The fourth-order valence-corrected chi connectivity index (χ4v) is 2.39. The van der Waals surface area contributed by atoms with E-state index in [2.05, 4.69) is 48.2 Å². The zero-order valence-electron chi connectivity index (χ0n) is 10.8. The predicted octanol–water partition coefficient (Wildman–Crippen LogP) is 3.67. The quantitative estimate of drug-likeness (QED) is 0.840. The average molecular weight is 288 g/mol. The third-order valence-electron chi connectivity index (χ3n) is 3.46. The van der Waals surface area contributed by atoms with Gasteiger partial charge in [0.15, 0.2) is 0 Å². The van der Waals surface area contributed by atoms with E-state index in [1.54, 1.807) is 0 Å². The molecule has 2 N–H and O–H groups in total. The number of benzene rings is 1. The van der Waals surface area contributed by atoms with Crippen LogP contribution in [0, 0.1) is 0 Å². The Kier molecular flexibility index (Phi) is 4.19. The first-order valence-electron chi connectivity index (χ1n) is 5.87. The minimum Gasteiger partial charge on any atom is -0.384 e. The number of nitrogens with one attached hydrogen (secondary N) is 2. The summed E-state index contributed by atoms with van der Waals surface area (Å²) < 4.78 is 0. The molecule has 1 aromatic heterocycles. The number of anilines is 1. The molecule has 3 rings (SSSR count). The van der Waals surface area contributed by atoms with Gasteiger partial charge in [-0.2, -0.15) is 0 Å². The molecule has 0 bridgehead atoms. The normalized spacial score (nSPS) is 15.5. The smallest absolute Gasteiger partial charge is 0.106 e. The van der Waals surface area contributed by atoms with Crippen LogP contribution in [0.4, 0.5) is 5.69 Å². The fraction of sp³-hybridized carbons (Fsp3) is 0.462. The van der Waals surface area contributed by atoms with Gasteiger partial charge in [-0.15, -0.1) is 24.8 Å². The lowest BCUT2D eigenvalue weighted by Gasteiger charge is -2.16. The van der Waals surface area contributed by atoms with Crippen LogP contribution in [0.2, 0.25) is 0 Å². The highest BCUT2D eigenvalue weighted by atomic mass is 35.5. The lowest BCUT2D eigenvalue weighted by molar-refractivity contribution is 0.586. The Balaban J connectivity index is 0.000000810. The molecular formula is C13H19Cl2N3. The zero-order chi connectivity index (χ0) is 11.3. The molecule has 0 saturated carbocycles. The summed E-state index contributed by atoms with van der Waals surface area (Å²) in [6.07, 6.45) is 0.955. The van der Waals surface area contributed by atoms with E-state index in [4.69, 9.17) is 0 Å². The molecule has 1 aromatic carbocycles. The molecule has 100 valence electrons. The van der Waals surface area contributed by atoms with Gasteiger partial charge in [0.05, 0.1) is 11.0 Å². The topological polar surface area (TPSA) is 40.7 Å². The van der Waals surface area contributed by atoms with Gasteiger partial charge in [-0.25, -0.2) is 4.98 Å². The van der Waals surface area contributed by atoms with E-state index >= 15 is 0 Å². The third kappa shape index (κ3) is 2.17. The highest BCUT2D eigenvalue weighted by Gasteiger charge is 2.30. The third-order valence-corrected chi connectivity index (χ3v) is 3.46. The van der Waals surface area contributed by atoms with Gasteiger partial charge in [-0.05, 0) is 17.7 Å². The van der Waals surface area contributed by atoms with Crippen LogP contribution in [0.15, 0.2) is 12.1 Å². The molecule has 0 atom stereocenters. The van der Waals surface area contributed by atoms with E-state index in [1.165, 1.54) is 11.3 Å². The first kappa shape index (κ1) is 15.1. The van der Waals surface area contributed by atoms with Crippen LogP contribution in [-0.2, 0) is 11.8 Å². The van der Waals surface area contributed by atoms with Crippen molar-refractivity contribution in [3.8, 4) is 0 Å². The number of rotatable bonds is 1. The molecule has 0 spiro atoms. The number of halogens is 2. The van der Waals surface area contributed by atoms with E-state index in [9.17, 15) is 0 Å². The number of aryl methyl sites for hydroxylation is 1. The van der Waals surface area contributed by atoms with E-state index < -0.39 is 0 Å². The number of imidazole rings is 1. The first-order valence-corrected chi connectivity index (χ1v) is 5.87. The molecule has 1 aliphatic heterocycles. The van der Waals surface area contributed by atoms with Crippen molar-refractivity contribution in [1.29, 1.82) is 0 Å². The minimum atomic E-state index is 0. The highest BCUT2D eigenvalue weighted by molar-refractivity contribution is 5.85. The lowest BCUT2D eigenvalue weighted by Crippen LogP contribution is -2.18. The molecule has 0 amide bonds. The molecule has 18 heavy (non-hydrogen) atoms. The van der Waals surface area contributed by atoms with Crippen molar-refractivity contribution in [1.82, 2.24) is 9.97 Å². The van der Waals surface area contributed by atoms with Gasteiger partial charge in [-0.1, -0.05) is 20.8 Å². The summed E-state index contributed by atoms with van der Waals surface area (Å²) in [6.45, 7) is 7.67. The molecule has 2 aromatic rings. The van der Waals surface area contributed by atoms with Gasteiger partial charge >= 0.3 is 0 Å². The second kappa shape index (κ2) is 4.98. The zero-order valence-corrected chi connectivity index (χ0v) is 12.5. The van der Waals surface area contributed by atoms with Crippen molar-refractivity contribution < 1.29 is 0 Å². The number of hydrogen-bond donors (Lipinski definition) is 2. The number of aromatic nitrogens is 2. The van der Waals surface area contributed by atoms with Crippen molar-refractivity contribution >= 4 is 41.5 Å². The number of nitrogens with zero attached hydrogens (tertiary/aromatic N) is 1. The summed E-state index contributed by atoms with van der Waals surface area (Å²) >= 11 is 0. The van der Waals surface area contributed by atoms with Crippen molar-refractivity contribution in [3.63, 3.8) is 0 Å². The van der Waals surface area contributed by atoms with Crippen LogP contribution >= 0.6 is 24.8 Å². The summed E-state index contributed by atoms with van der Waals surface area (Å²) in [5.74, 6) is 1.07. The second-order valence-corrected chi connectivity index (χ2v) is 5.19. The SMILES string of the molecule is CCc1nc2cc3c(cc2[nH]1)NCC3(C)C.Cl.Cl. The van der Waals surface area contributed by atoms with Crippen LogP contribution in [0.1, 0.15) is 32.2 Å². The van der Waals surface area contributed by atoms with Gasteiger partial charge in [0, 0.05) is 24.1 Å². The Morgan fingerprint density at radius 1 is 1.28 bits per heavy atom. The van der Waals surface area contributed by atoms with Gasteiger partial charge in [0.1, 0.15) is 5.82 Å². The number of fused-ring (bicyclic) bond motifs is 2. The largest absolute Gasteiger partial charge is 0.384 e. The summed E-state index contributed by atoms with van der Waals surface area (Å²) in [5.41, 5.74) is 5.08. The van der Waals surface area contributed by atoms with Crippen LogP contribution in [0.3, 0.4) is 0 Å². The Bertz CT molecular complexity index is 561. The Hall–Kier alpha value is -0.930. The fourth-order valence-electron chi connectivity index (χ4n) is 2.39. The molecule has 0 fully saturated rings. The summed E-state index contributed by atoms with van der Waals surface area (Å²) in [6, 6.07) is 4.41. The number of H-pyrrole nitrogens is 1. The maximum Gasteiger partial charge on any atom is 0.106 e. The van der Waals surface area contributed by atoms with Crippen molar-refractivity contribution in [3.05, 3.63) is 23.5 Å². The number of hydrogen-bond acceptors (Lipinski definition) is 2. The van der Waals surface area contributed by atoms with Crippen molar-refractivity contribution in [2.75, 3.05) is 11.9 Å². The molecule has 5 heteroatoms.